The molecule has 4 aromatic rings. The van der Waals surface area contributed by atoms with Crippen molar-refractivity contribution in [3.63, 3.8) is 0 Å². The van der Waals surface area contributed by atoms with E-state index in [9.17, 15) is 4.79 Å². The van der Waals surface area contributed by atoms with Gasteiger partial charge in [0.05, 0.1) is 5.75 Å². The van der Waals surface area contributed by atoms with Crippen LogP contribution in [0.1, 0.15) is 0 Å². The zero-order valence-electron chi connectivity index (χ0n) is 15.2. The Bertz CT molecular complexity index is 1100. The van der Waals surface area contributed by atoms with E-state index in [1.54, 1.807) is 6.20 Å². The van der Waals surface area contributed by atoms with E-state index in [0.29, 0.717) is 11.0 Å². The van der Waals surface area contributed by atoms with Gasteiger partial charge in [-0.3, -0.25) is 14.3 Å². The minimum absolute atomic E-state index is 0.112. The number of benzene rings is 2. The van der Waals surface area contributed by atoms with E-state index in [1.807, 2.05) is 77.4 Å². The number of anilines is 1. The molecule has 6 nitrogen and oxygen atoms in total. The van der Waals surface area contributed by atoms with Gasteiger partial charge in [0.25, 0.3) is 0 Å². The van der Waals surface area contributed by atoms with Crippen molar-refractivity contribution in [1.29, 1.82) is 0 Å². The number of carbonyl (C=O) groups excluding carboxylic acids is 1. The number of carbonyl (C=O) groups is 1. The van der Waals surface area contributed by atoms with E-state index in [4.69, 9.17) is 0 Å². The second-order valence-corrected chi connectivity index (χ2v) is 7.89. The first-order valence-electron chi connectivity index (χ1n) is 8.81. The molecule has 0 aliphatic rings. The highest BCUT2D eigenvalue weighted by Gasteiger charge is 2.17. The number of pyridine rings is 1. The molecule has 0 spiro atoms. The largest absolute Gasteiger partial charge is 0.325 e. The highest BCUT2D eigenvalue weighted by Crippen LogP contribution is 2.27. The predicted molar refractivity (Wildman–Crippen MR) is 118 cm³/mol. The number of aromatic nitrogens is 4. The average molecular weight is 466 g/mol. The number of hydrogen-bond acceptors (Lipinski definition) is 5. The Morgan fingerprint density at radius 1 is 0.966 bits per heavy atom. The molecular formula is C21H16BrN5OS. The smallest absolute Gasteiger partial charge is 0.234 e. The quantitative estimate of drug-likeness (QED) is 0.413. The average Bonchev–Trinajstić information content (AvgIpc) is 3.19. The number of hydrogen-bond donors (Lipinski definition) is 1. The number of rotatable bonds is 6. The summed E-state index contributed by atoms with van der Waals surface area (Å²) in [4.78, 5) is 16.8. The van der Waals surface area contributed by atoms with Crippen molar-refractivity contribution in [1.82, 2.24) is 19.7 Å². The monoisotopic (exact) mass is 465 g/mol. The van der Waals surface area contributed by atoms with Crippen LogP contribution >= 0.6 is 27.7 Å². The molecular weight excluding hydrogens is 450 g/mol. The Labute approximate surface area is 180 Å². The van der Waals surface area contributed by atoms with Gasteiger partial charge < -0.3 is 5.32 Å². The third-order valence-electron chi connectivity index (χ3n) is 4.00. The maximum Gasteiger partial charge on any atom is 0.234 e. The van der Waals surface area contributed by atoms with Crippen LogP contribution in [0.15, 0.2) is 88.6 Å². The van der Waals surface area contributed by atoms with Crippen molar-refractivity contribution in [2.45, 2.75) is 5.16 Å². The molecule has 29 heavy (non-hydrogen) atoms. The molecule has 0 saturated heterocycles. The normalized spacial score (nSPS) is 10.7. The van der Waals surface area contributed by atoms with Crippen LogP contribution in [0, 0.1) is 0 Å². The summed E-state index contributed by atoms with van der Waals surface area (Å²) in [6.45, 7) is 0. The molecule has 2 aromatic carbocycles. The van der Waals surface area contributed by atoms with Crippen LogP contribution < -0.4 is 5.32 Å². The van der Waals surface area contributed by atoms with Gasteiger partial charge >= 0.3 is 0 Å². The van der Waals surface area contributed by atoms with Crippen LogP contribution in [-0.4, -0.2) is 31.4 Å². The number of nitrogens with zero attached hydrogens (tertiary/aromatic N) is 4. The van der Waals surface area contributed by atoms with E-state index in [0.717, 1.165) is 21.5 Å². The topological polar surface area (TPSA) is 72.7 Å². The van der Waals surface area contributed by atoms with Gasteiger partial charge in [0, 0.05) is 22.0 Å². The zero-order valence-corrected chi connectivity index (χ0v) is 17.6. The maximum atomic E-state index is 12.4. The van der Waals surface area contributed by atoms with E-state index in [-0.39, 0.29) is 11.7 Å². The fourth-order valence-corrected chi connectivity index (χ4v) is 3.71. The SMILES string of the molecule is O=C(CSc1nnc(-c2ccccn2)n1-c1ccccc1)Nc1ccc(Br)cc1. The molecule has 0 aliphatic heterocycles. The van der Waals surface area contributed by atoms with Crippen LogP contribution in [0.2, 0.25) is 0 Å². The molecule has 0 atom stereocenters. The van der Waals surface area contributed by atoms with E-state index in [2.05, 4.69) is 36.4 Å². The molecule has 8 heteroatoms. The summed E-state index contributed by atoms with van der Waals surface area (Å²) in [5, 5.41) is 12.2. The maximum absolute atomic E-state index is 12.4. The van der Waals surface area contributed by atoms with Crippen molar-refractivity contribution < 1.29 is 4.79 Å². The molecule has 4 rings (SSSR count). The van der Waals surface area contributed by atoms with E-state index >= 15 is 0 Å². The zero-order chi connectivity index (χ0) is 20.1. The number of thioether (sulfide) groups is 1. The summed E-state index contributed by atoms with van der Waals surface area (Å²) in [6, 6.07) is 22.9. The number of halogens is 1. The second kappa shape index (κ2) is 9.02. The molecule has 1 N–H and O–H groups in total. The first-order chi connectivity index (χ1) is 14.2. The molecule has 0 unspecified atom stereocenters. The molecule has 0 radical (unpaired) electrons. The minimum atomic E-state index is -0.112. The van der Waals surface area contributed by atoms with Gasteiger partial charge in [-0.15, -0.1) is 10.2 Å². The van der Waals surface area contributed by atoms with Gasteiger partial charge in [0.15, 0.2) is 11.0 Å². The minimum Gasteiger partial charge on any atom is -0.325 e. The first kappa shape index (κ1) is 19.4. The highest BCUT2D eigenvalue weighted by molar-refractivity contribution is 9.10. The van der Waals surface area contributed by atoms with E-state index in [1.165, 1.54) is 11.8 Å². The molecule has 2 aromatic heterocycles. The van der Waals surface area contributed by atoms with Gasteiger partial charge in [-0.25, -0.2) is 0 Å². The standard InChI is InChI=1S/C21H16BrN5OS/c22-15-9-11-16(12-10-15)24-19(28)14-29-21-26-25-20(18-8-4-5-13-23-18)27(21)17-6-2-1-3-7-17/h1-13H,14H2,(H,24,28). The van der Waals surface area contributed by atoms with Crippen LogP contribution in [-0.2, 0) is 4.79 Å². The fourth-order valence-electron chi connectivity index (χ4n) is 2.69. The van der Waals surface area contributed by atoms with Crippen LogP contribution in [0.5, 0.6) is 0 Å². The third-order valence-corrected chi connectivity index (χ3v) is 5.46. The van der Waals surface area contributed by atoms with Crippen molar-refractivity contribution in [2.24, 2.45) is 0 Å². The number of nitrogens with one attached hydrogen (secondary N) is 1. The van der Waals surface area contributed by atoms with Crippen molar-refractivity contribution >= 4 is 39.3 Å². The Morgan fingerprint density at radius 3 is 2.45 bits per heavy atom. The van der Waals surface area contributed by atoms with Gasteiger partial charge in [-0.05, 0) is 48.5 Å². The third kappa shape index (κ3) is 4.72. The summed E-state index contributed by atoms with van der Waals surface area (Å²) in [5.41, 5.74) is 2.38. The summed E-state index contributed by atoms with van der Waals surface area (Å²) < 4.78 is 2.88. The molecule has 2 heterocycles. The predicted octanol–water partition coefficient (Wildman–Crippen LogP) is 4.82. The molecule has 0 saturated carbocycles. The second-order valence-electron chi connectivity index (χ2n) is 6.04. The van der Waals surface area contributed by atoms with Crippen molar-refractivity contribution in [3.8, 4) is 17.2 Å². The molecule has 144 valence electrons. The lowest BCUT2D eigenvalue weighted by molar-refractivity contribution is -0.113. The Kier molecular flexibility index (Phi) is 6.02. The molecule has 0 fully saturated rings. The summed E-state index contributed by atoms with van der Waals surface area (Å²) in [7, 11) is 0. The van der Waals surface area contributed by atoms with E-state index < -0.39 is 0 Å². The lowest BCUT2D eigenvalue weighted by Crippen LogP contribution is -2.14. The lowest BCUT2D eigenvalue weighted by Gasteiger charge is -2.10. The summed E-state index contributed by atoms with van der Waals surface area (Å²) in [5.74, 6) is 0.732. The van der Waals surface area contributed by atoms with Gasteiger partial charge in [-0.1, -0.05) is 52.0 Å². The highest BCUT2D eigenvalue weighted by atomic mass is 79.9. The number of para-hydroxylation sites is 1. The first-order valence-corrected chi connectivity index (χ1v) is 10.6. The Hall–Kier alpha value is -2.97. The Morgan fingerprint density at radius 2 is 1.72 bits per heavy atom. The summed E-state index contributed by atoms with van der Waals surface area (Å²) in [6.07, 6.45) is 1.72. The van der Waals surface area contributed by atoms with Crippen LogP contribution in [0.3, 0.4) is 0 Å². The van der Waals surface area contributed by atoms with Gasteiger partial charge in [-0.2, -0.15) is 0 Å². The number of amides is 1. The Balaban J connectivity index is 1.56. The van der Waals surface area contributed by atoms with Crippen molar-refractivity contribution in [3.05, 3.63) is 83.5 Å². The van der Waals surface area contributed by atoms with Crippen LogP contribution in [0.25, 0.3) is 17.2 Å². The molecule has 0 bridgehead atoms. The fraction of sp³-hybridized carbons (Fsp3) is 0.0476. The summed E-state index contributed by atoms with van der Waals surface area (Å²) >= 11 is 4.71. The van der Waals surface area contributed by atoms with Crippen LogP contribution in [0.4, 0.5) is 5.69 Å². The molecule has 1 amide bonds. The molecule has 0 aliphatic carbocycles. The lowest BCUT2D eigenvalue weighted by atomic mass is 10.3. The van der Waals surface area contributed by atoms with Gasteiger partial charge in [0.2, 0.25) is 5.91 Å². The van der Waals surface area contributed by atoms with Crippen molar-refractivity contribution in [2.75, 3.05) is 11.1 Å². The van der Waals surface area contributed by atoms with Gasteiger partial charge in [0.1, 0.15) is 5.69 Å².